The first-order valence-electron chi connectivity index (χ1n) is 8.67. The second-order valence-electron chi connectivity index (χ2n) is 6.39. The Morgan fingerprint density at radius 2 is 0.929 bits per heavy atom. The molecule has 0 fully saturated rings. The van der Waals surface area contributed by atoms with Gasteiger partial charge in [-0.05, 0) is 35.0 Å². The lowest BCUT2D eigenvalue weighted by atomic mass is 9.92. The summed E-state index contributed by atoms with van der Waals surface area (Å²) in [5.41, 5.74) is 2.37. The zero-order valence-electron chi connectivity index (χ0n) is 14.7. The van der Waals surface area contributed by atoms with E-state index in [9.17, 15) is 9.59 Å². The second-order valence-corrected chi connectivity index (χ2v) is 8.22. The number of carbonyl (C=O) groups is 2. The zero-order chi connectivity index (χ0) is 19.7. The predicted molar refractivity (Wildman–Crippen MR) is 119 cm³/mol. The van der Waals surface area contributed by atoms with Crippen molar-refractivity contribution in [3.63, 3.8) is 0 Å². The third-order valence-corrected chi connectivity index (χ3v) is 5.57. The van der Waals surface area contributed by atoms with Gasteiger partial charge in [-0.25, -0.2) is 0 Å². The van der Waals surface area contributed by atoms with Crippen LogP contribution in [0, 0.1) is 0 Å². The van der Waals surface area contributed by atoms with Gasteiger partial charge >= 0.3 is 0 Å². The third-order valence-electron chi connectivity index (χ3n) is 4.58. The Bertz CT molecular complexity index is 1130. The van der Waals surface area contributed by atoms with Crippen LogP contribution in [-0.4, -0.2) is 11.6 Å². The van der Waals surface area contributed by atoms with E-state index in [-0.39, 0.29) is 11.6 Å². The highest BCUT2D eigenvalue weighted by Crippen LogP contribution is 2.27. The van der Waals surface area contributed by atoms with Crippen molar-refractivity contribution in [3.05, 3.63) is 116 Å². The molecule has 0 aromatic heterocycles. The molecule has 4 rings (SSSR count). The smallest absolute Gasteiger partial charge is 0.193 e. The fraction of sp³-hybridized carbons (Fsp3) is 0. The van der Waals surface area contributed by atoms with Gasteiger partial charge in [0.1, 0.15) is 0 Å². The number of ketones is 2. The monoisotopic (exact) mass is 492 g/mol. The summed E-state index contributed by atoms with van der Waals surface area (Å²) in [5.74, 6) is -0.141. The standard InChI is InChI=1S/C24H14Br2O2/c25-17-7-1-5-15(13-17)23(27)21-11-3-10-20-19(21)9-4-12-22(20)24(28)16-6-2-8-18(26)14-16/h1-14H. The predicted octanol–water partition coefficient (Wildman–Crippen LogP) is 6.83. The molecule has 0 aliphatic heterocycles. The van der Waals surface area contributed by atoms with E-state index in [0.29, 0.717) is 22.3 Å². The molecular weight excluding hydrogens is 480 g/mol. The number of hydrogen-bond donors (Lipinski definition) is 0. The first-order chi connectivity index (χ1) is 13.5. The summed E-state index contributed by atoms with van der Waals surface area (Å²) in [6, 6.07) is 25.7. The Hall–Kier alpha value is -2.56. The summed E-state index contributed by atoms with van der Waals surface area (Å²) >= 11 is 6.83. The van der Waals surface area contributed by atoms with Crippen LogP contribution in [0.5, 0.6) is 0 Å². The molecule has 0 unspecified atom stereocenters. The molecule has 28 heavy (non-hydrogen) atoms. The molecular formula is C24H14Br2O2. The average Bonchev–Trinajstić information content (AvgIpc) is 2.72. The number of benzene rings is 4. The van der Waals surface area contributed by atoms with Gasteiger partial charge in [0.05, 0.1) is 0 Å². The third kappa shape index (κ3) is 3.58. The molecule has 0 N–H and O–H groups in total. The van der Waals surface area contributed by atoms with E-state index < -0.39 is 0 Å². The number of fused-ring (bicyclic) bond motifs is 1. The quantitative estimate of drug-likeness (QED) is 0.292. The summed E-state index contributed by atoms with van der Waals surface area (Å²) in [5, 5.41) is 1.54. The Kier molecular flexibility index (Phi) is 5.25. The molecule has 0 saturated heterocycles. The molecule has 136 valence electrons. The van der Waals surface area contributed by atoms with Crippen LogP contribution in [0.4, 0.5) is 0 Å². The molecule has 0 atom stereocenters. The second kappa shape index (κ2) is 7.82. The minimum absolute atomic E-state index is 0.0704. The van der Waals surface area contributed by atoms with E-state index in [1.54, 1.807) is 36.4 Å². The SMILES string of the molecule is O=C(c1cccc(Br)c1)c1cccc2c(C(=O)c3cccc(Br)c3)cccc12. The highest BCUT2D eigenvalue weighted by Gasteiger charge is 2.17. The molecule has 0 amide bonds. The number of hydrogen-bond acceptors (Lipinski definition) is 2. The van der Waals surface area contributed by atoms with Crippen LogP contribution in [0.3, 0.4) is 0 Å². The van der Waals surface area contributed by atoms with Gasteiger partial charge in [-0.3, -0.25) is 9.59 Å². The van der Waals surface area contributed by atoms with E-state index in [4.69, 9.17) is 0 Å². The van der Waals surface area contributed by atoms with E-state index in [1.807, 2.05) is 48.5 Å². The van der Waals surface area contributed by atoms with Crippen molar-refractivity contribution >= 4 is 54.2 Å². The van der Waals surface area contributed by atoms with E-state index >= 15 is 0 Å². The van der Waals surface area contributed by atoms with Crippen LogP contribution in [0.1, 0.15) is 31.8 Å². The fourth-order valence-corrected chi connectivity index (χ4v) is 4.07. The molecule has 0 saturated carbocycles. The lowest BCUT2D eigenvalue weighted by Gasteiger charge is -2.10. The number of rotatable bonds is 4. The molecule has 4 heteroatoms. The average molecular weight is 494 g/mol. The van der Waals surface area contributed by atoms with E-state index in [2.05, 4.69) is 31.9 Å². The summed E-state index contributed by atoms with van der Waals surface area (Å²) < 4.78 is 1.70. The normalized spacial score (nSPS) is 10.8. The largest absolute Gasteiger partial charge is 0.289 e. The molecule has 0 bridgehead atoms. The molecule has 2 nitrogen and oxygen atoms in total. The van der Waals surface area contributed by atoms with Gasteiger partial charge < -0.3 is 0 Å². The van der Waals surface area contributed by atoms with Crippen molar-refractivity contribution in [1.29, 1.82) is 0 Å². The highest BCUT2D eigenvalue weighted by atomic mass is 79.9. The van der Waals surface area contributed by atoms with E-state index in [0.717, 1.165) is 19.7 Å². The van der Waals surface area contributed by atoms with Gasteiger partial charge in [0, 0.05) is 31.2 Å². The van der Waals surface area contributed by atoms with Crippen molar-refractivity contribution in [2.75, 3.05) is 0 Å². The topological polar surface area (TPSA) is 34.1 Å². The van der Waals surface area contributed by atoms with Gasteiger partial charge in [-0.1, -0.05) is 92.5 Å². The summed E-state index contributed by atoms with van der Waals surface area (Å²) in [4.78, 5) is 26.2. The first kappa shape index (κ1) is 18.8. The van der Waals surface area contributed by atoms with Crippen LogP contribution >= 0.6 is 31.9 Å². The molecule has 0 heterocycles. The highest BCUT2D eigenvalue weighted by molar-refractivity contribution is 9.10. The summed E-state index contributed by atoms with van der Waals surface area (Å²) in [6.07, 6.45) is 0. The summed E-state index contributed by atoms with van der Waals surface area (Å²) in [7, 11) is 0. The fourth-order valence-electron chi connectivity index (χ4n) is 3.28. The van der Waals surface area contributed by atoms with Crippen molar-refractivity contribution in [2.24, 2.45) is 0 Å². The number of halogens is 2. The lowest BCUT2D eigenvalue weighted by Crippen LogP contribution is -2.05. The van der Waals surface area contributed by atoms with Gasteiger partial charge in [-0.15, -0.1) is 0 Å². The molecule has 0 radical (unpaired) electrons. The van der Waals surface area contributed by atoms with Crippen LogP contribution in [-0.2, 0) is 0 Å². The molecule has 0 aliphatic carbocycles. The summed E-state index contributed by atoms with van der Waals surface area (Å²) in [6.45, 7) is 0. The van der Waals surface area contributed by atoms with Crippen LogP contribution in [0.25, 0.3) is 10.8 Å². The van der Waals surface area contributed by atoms with Gasteiger partial charge in [0.2, 0.25) is 0 Å². The van der Waals surface area contributed by atoms with Gasteiger partial charge in [-0.2, -0.15) is 0 Å². The Balaban J connectivity index is 1.85. The van der Waals surface area contributed by atoms with Crippen LogP contribution in [0.15, 0.2) is 93.9 Å². The lowest BCUT2D eigenvalue weighted by molar-refractivity contribution is 0.103. The maximum atomic E-state index is 13.1. The molecule has 4 aromatic carbocycles. The Morgan fingerprint density at radius 3 is 1.32 bits per heavy atom. The van der Waals surface area contributed by atoms with Crippen LogP contribution < -0.4 is 0 Å². The van der Waals surface area contributed by atoms with Crippen molar-refractivity contribution in [2.45, 2.75) is 0 Å². The Labute approximate surface area is 179 Å². The first-order valence-corrected chi connectivity index (χ1v) is 10.3. The molecule has 4 aromatic rings. The Morgan fingerprint density at radius 1 is 0.536 bits per heavy atom. The molecule has 0 spiro atoms. The maximum Gasteiger partial charge on any atom is 0.193 e. The number of carbonyl (C=O) groups excluding carboxylic acids is 2. The van der Waals surface area contributed by atoms with E-state index in [1.165, 1.54) is 0 Å². The molecule has 0 aliphatic rings. The zero-order valence-corrected chi connectivity index (χ0v) is 17.8. The minimum atomic E-state index is -0.0704. The van der Waals surface area contributed by atoms with Gasteiger partial charge in [0.15, 0.2) is 11.6 Å². The van der Waals surface area contributed by atoms with Crippen molar-refractivity contribution in [1.82, 2.24) is 0 Å². The van der Waals surface area contributed by atoms with Gasteiger partial charge in [0.25, 0.3) is 0 Å². The van der Waals surface area contributed by atoms with Crippen molar-refractivity contribution < 1.29 is 9.59 Å². The van der Waals surface area contributed by atoms with Crippen LogP contribution in [0.2, 0.25) is 0 Å². The maximum absolute atomic E-state index is 13.1. The van der Waals surface area contributed by atoms with Crippen molar-refractivity contribution in [3.8, 4) is 0 Å². The minimum Gasteiger partial charge on any atom is -0.289 e.